The molecule has 8 nitrogen and oxygen atoms in total. The van der Waals surface area contributed by atoms with Crippen molar-refractivity contribution in [2.75, 3.05) is 46.4 Å². The molecule has 0 aliphatic carbocycles. The van der Waals surface area contributed by atoms with E-state index in [9.17, 15) is 9.59 Å². The number of amides is 1. The predicted octanol–water partition coefficient (Wildman–Crippen LogP) is 4.81. The van der Waals surface area contributed by atoms with Crippen molar-refractivity contribution in [3.8, 4) is 11.5 Å². The molecular weight excluding hydrogens is 506 g/mol. The molecule has 0 radical (unpaired) electrons. The first-order valence-electron chi connectivity index (χ1n) is 14.6. The van der Waals surface area contributed by atoms with Gasteiger partial charge in [0.05, 0.1) is 7.11 Å². The standard InChI is InChI=1S/C32H47N3O5/c1-5-6-7-8-9-17-29(36)40-26(23-39-28-16-11-10-15-27(28)38-4)22-34-18-20-35(21-19-34)31(32(33)37)30-24(2)13-12-14-25(30)3/h10-16,26,31H,5-9,17-23H2,1-4H3,(H2,33,37). The van der Waals surface area contributed by atoms with Crippen LogP contribution in [0.5, 0.6) is 11.5 Å². The molecule has 1 aliphatic heterocycles. The monoisotopic (exact) mass is 553 g/mol. The highest BCUT2D eigenvalue weighted by Gasteiger charge is 2.32. The molecule has 2 aromatic rings. The molecule has 8 heteroatoms. The van der Waals surface area contributed by atoms with Gasteiger partial charge in [-0.05, 0) is 49.1 Å². The lowest BCUT2D eigenvalue weighted by atomic mass is 9.94. The number of hydrogen-bond acceptors (Lipinski definition) is 7. The molecule has 0 saturated carbocycles. The van der Waals surface area contributed by atoms with Crippen molar-refractivity contribution in [1.29, 1.82) is 0 Å². The molecule has 0 bridgehead atoms. The SMILES string of the molecule is CCCCCCCC(=O)OC(COc1ccccc1OC)CN1CCN(C(C(N)=O)c2c(C)cccc2C)CC1. The van der Waals surface area contributed by atoms with Gasteiger partial charge in [0.2, 0.25) is 5.91 Å². The van der Waals surface area contributed by atoms with Gasteiger partial charge in [0.15, 0.2) is 11.5 Å². The Morgan fingerprint density at radius 3 is 2.17 bits per heavy atom. The fourth-order valence-corrected chi connectivity index (χ4v) is 5.42. The largest absolute Gasteiger partial charge is 0.493 e. The maximum atomic E-state index is 12.7. The molecule has 2 unspecified atom stereocenters. The Morgan fingerprint density at radius 2 is 1.55 bits per heavy atom. The van der Waals surface area contributed by atoms with Crippen LogP contribution >= 0.6 is 0 Å². The summed E-state index contributed by atoms with van der Waals surface area (Å²) in [4.78, 5) is 29.7. The summed E-state index contributed by atoms with van der Waals surface area (Å²) in [5.74, 6) is 0.740. The molecule has 1 aliphatic rings. The van der Waals surface area contributed by atoms with Gasteiger partial charge in [-0.3, -0.25) is 19.4 Å². The maximum absolute atomic E-state index is 12.7. The number of aryl methyl sites for hydroxylation is 2. The average molecular weight is 554 g/mol. The van der Waals surface area contributed by atoms with Crippen molar-refractivity contribution in [2.24, 2.45) is 5.73 Å². The van der Waals surface area contributed by atoms with Crippen LogP contribution in [0.3, 0.4) is 0 Å². The molecule has 1 fully saturated rings. The second-order valence-electron chi connectivity index (χ2n) is 10.7. The lowest BCUT2D eigenvalue weighted by Crippen LogP contribution is -2.52. The molecule has 2 N–H and O–H groups in total. The highest BCUT2D eigenvalue weighted by molar-refractivity contribution is 5.82. The third-order valence-electron chi connectivity index (χ3n) is 7.60. The third kappa shape index (κ3) is 9.24. The number of nitrogens with zero attached hydrogens (tertiary/aromatic N) is 2. The number of methoxy groups -OCH3 is 1. The number of ether oxygens (including phenoxy) is 3. The van der Waals surface area contributed by atoms with Gasteiger partial charge in [0.1, 0.15) is 18.8 Å². The summed E-state index contributed by atoms with van der Waals surface area (Å²) >= 11 is 0. The van der Waals surface area contributed by atoms with Crippen LogP contribution in [0, 0.1) is 13.8 Å². The van der Waals surface area contributed by atoms with E-state index in [-0.39, 0.29) is 18.5 Å². The number of primary amides is 1. The van der Waals surface area contributed by atoms with Gasteiger partial charge in [-0.2, -0.15) is 0 Å². The molecule has 1 heterocycles. The fourth-order valence-electron chi connectivity index (χ4n) is 5.42. The van der Waals surface area contributed by atoms with Crippen LogP contribution in [-0.2, 0) is 14.3 Å². The minimum absolute atomic E-state index is 0.187. The zero-order valence-electron chi connectivity index (χ0n) is 24.7. The Labute approximate surface area is 239 Å². The summed E-state index contributed by atoms with van der Waals surface area (Å²) < 4.78 is 17.4. The van der Waals surface area contributed by atoms with E-state index in [2.05, 4.69) is 16.7 Å². The smallest absolute Gasteiger partial charge is 0.306 e. The lowest BCUT2D eigenvalue weighted by molar-refractivity contribution is -0.152. The molecule has 2 atom stereocenters. The Morgan fingerprint density at radius 1 is 0.900 bits per heavy atom. The quantitative estimate of drug-likeness (QED) is 0.236. The molecule has 1 amide bonds. The number of benzene rings is 2. The van der Waals surface area contributed by atoms with Crippen LogP contribution in [0.2, 0.25) is 0 Å². The summed E-state index contributed by atoms with van der Waals surface area (Å²) in [7, 11) is 1.61. The fraction of sp³-hybridized carbons (Fsp3) is 0.562. The first-order valence-corrected chi connectivity index (χ1v) is 14.6. The molecule has 0 aromatic heterocycles. The predicted molar refractivity (Wildman–Crippen MR) is 158 cm³/mol. The minimum Gasteiger partial charge on any atom is -0.493 e. The highest BCUT2D eigenvalue weighted by Crippen LogP contribution is 2.29. The van der Waals surface area contributed by atoms with E-state index in [4.69, 9.17) is 19.9 Å². The van der Waals surface area contributed by atoms with Gasteiger partial charge in [-0.15, -0.1) is 0 Å². The van der Waals surface area contributed by atoms with E-state index < -0.39 is 12.1 Å². The van der Waals surface area contributed by atoms with Crippen molar-refractivity contribution in [3.05, 3.63) is 59.2 Å². The van der Waals surface area contributed by atoms with Crippen LogP contribution in [0.1, 0.15) is 68.2 Å². The summed E-state index contributed by atoms with van der Waals surface area (Å²) in [5, 5.41) is 0. The van der Waals surface area contributed by atoms with E-state index >= 15 is 0 Å². The van der Waals surface area contributed by atoms with Gasteiger partial charge >= 0.3 is 5.97 Å². The Balaban J connectivity index is 1.62. The molecular formula is C32H47N3O5. The zero-order chi connectivity index (χ0) is 28.9. The van der Waals surface area contributed by atoms with Crippen LogP contribution < -0.4 is 15.2 Å². The van der Waals surface area contributed by atoms with Crippen molar-refractivity contribution in [2.45, 2.75) is 71.4 Å². The van der Waals surface area contributed by atoms with Gasteiger partial charge < -0.3 is 19.9 Å². The van der Waals surface area contributed by atoms with Crippen LogP contribution in [0.25, 0.3) is 0 Å². The maximum Gasteiger partial charge on any atom is 0.306 e. The summed E-state index contributed by atoms with van der Waals surface area (Å²) in [6, 6.07) is 13.1. The number of hydrogen-bond donors (Lipinski definition) is 1. The first kappa shape index (κ1) is 31.4. The van der Waals surface area contributed by atoms with Gasteiger partial charge in [0, 0.05) is 39.1 Å². The molecule has 40 heavy (non-hydrogen) atoms. The molecule has 220 valence electrons. The number of carbonyl (C=O) groups excluding carboxylic acids is 2. The van der Waals surface area contributed by atoms with E-state index in [0.717, 1.165) is 49.0 Å². The van der Waals surface area contributed by atoms with Gasteiger partial charge in [-0.25, -0.2) is 0 Å². The Kier molecular flexibility index (Phi) is 12.8. The first-order chi connectivity index (χ1) is 19.3. The number of piperazine rings is 1. The van der Waals surface area contributed by atoms with Crippen molar-refractivity contribution < 1.29 is 23.8 Å². The average Bonchev–Trinajstić information content (AvgIpc) is 2.94. The summed E-state index contributed by atoms with van der Waals surface area (Å²) in [5.41, 5.74) is 9.06. The van der Waals surface area contributed by atoms with E-state index in [1.165, 1.54) is 12.8 Å². The van der Waals surface area contributed by atoms with Crippen LogP contribution in [0.4, 0.5) is 0 Å². The molecule has 2 aromatic carbocycles. The zero-order valence-corrected chi connectivity index (χ0v) is 24.7. The van der Waals surface area contributed by atoms with Crippen LogP contribution in [0.15, 0.2) is 42.5 Å². The number of esters is 1. The van der Waals surface area contributed by atoms with E-state index in [1.54, 1.807) is 7.11 Å². The van der Waals surface area contributed by atoms with Gasteiger partial charge in [-0.1, -0.05) is 62.9 Å². The summed E-state index contributed by atoms with van der Waals surface area (Å²) in [6.45, 7) is 9.85. The molecule has 3 rings (SSSR count). The normalized spacial score (nSPS) is 15.8. The highest BCUT2D eigenvalue weighted by atomic mass is 16.6. The topological polar surface area (TPSA) is 94.3 Å². The number of rotatable bonds is 16. The second kappa shape index (κ2) is 16.2. The minimum atomic E-state index is -0.460. The number of para-hydroxylation sites is 2. The second-order valence-corrected chi connectivity index (χ2v) is 10.7. The molecule has 0 spiro atoms. The molecule has 1 saturated heterocycles. The van der Waals surface area contributed by atoms with E-state index in [0.29, 0.717) is 37.6 Å². The number of carbonyl (C=O) groups is 2. The Hall–Kier alpha value is -3.10. The van der Waals surface area contributed by atoms with Gasteiger partial charge in [0.25, 0.3) is 0 Å². The lowest BCUT2D eigenvalue weighted by Gasteiger charge is -2.39. The summed E-state index contributed by atoms with van der Waals surface area (Å²) in [6.07, 6.45) is 5.37. The number of unbranched alkanes of at least 4 members (excludes halogenated alkanes) is 4. The Bertz CT molecular complexity index is 1060. The van der Waals surface area contributed by atoms with Crippen molar-refractivity contribution in [3.63, 3.8) is 0 Å². The van der Waals surface area contributed by atoms with Crippen molar-refractivity contribution in [1.82, 2.24) is 9.80 Å². The van der Waals surface area contributed by atoms with Crippen LogP contribution in [-0.4, -0.2) is 74.2 Å². The number of nitrogens with two attached hydrogens (primary N) is 1. The van der Waals surface area contributed by atoms with E-state index in [1.807, 2.05) is 56.3 Å². The third-order valence-corrected chi connectivity index (χ3v) is 7.60. The van der Waals surface area contributed by atoms with Crippen molar-refractivity contribution >= 4 is 11.9 Å².